The quantitative estimate of drug-likeness (QED) is 0.717. The van der Waals surface area contributed by atoms with Gasteiger partial charge in [-0.05, 0) is 30.3 Å². The van der Waals surface area contributed by atoms with Crippen LogP contribution in [0.1, 0.15) is 10.5 Å². The molecular weight excluding hydrogens is 351 g/mol. The first-order valence-electron chi connectivity index (χ1n) is 8.50. The number of hydrogen-bond acceptors (Lipinski definition) is 5. The SMILES string of the molecule is O=C(Nc1ccc(F)cc1)[C@@H]1CNCCN1C(=O)c1cn2cccnc2n1. The minimum Gasteiger partial charge on any atom is -0.324 e. The van der Waals surface area contributed by atoms with E-state index in [1.165, 1.54) is 29.2 Å². The summed E-state index contributed by atoms with van der Waals surface area (Å²) in [6.45, 7) is 1.28. The van der Waals surface area contributed by atoms with E-state index in [4.69, 9.17) is 0 Å². The van der Waals surface area contributed by atoms with E-state index in [0.29, 0.717) is 31.1 Å². The summed E-state index contributed by atoms with van der Waals surface area (Å²) in [5, 5.41) is 5.85. The third-order valence-corrected chi connectivity index (χ3v) is 4.37. The highest BCUT2D eigenvalue weighted by atomic mass is 19.1. The Morgan fingerprint density at radius 2 is 2.07 bits per heavy atom. The van der Waals surface area contributed by atoms with Crippen LogP contribution in [-0.2, 0) is 4.79 Å². The van der Waals surface area contributed by atoms with Crippen molar-refractivity contribution in [2.45, 2.75) is 6.04 Å². The Kier molecular flexibility index (Phi) is 4.51. The van der Waals surface area contributed by atoms with Crippen LogP contribution in [0.25, 0.3) is 5.78 Å². The van der Waals surface area contributed by atoms with Gasteiger partial charge < -0.3 is 15.5 Å². The van der Waals surface area contributed by atoms with Gasteiger partial charge in [-0.2, -0.15) is 0 Å². The Labute approximate surface area is 154 Å². The lowest BCUT2D eigenvalue weighted by Crippen LogP contribution is -2.58. The first-order valence-corrected chi connectivity index (χ1v) is 8.50. The molecular formula is C18H17FN6O2. The Morgan fingerprint density at radius 1 is 1.26 bits per heavy atom. The van der Waals surface area contributed by atoms with Gasteiger partial charge in [-0.1, -0.05) is 0 Å². The molecule has 1 atom stereocenters. The van der Waals surface area contributed by atoms with Crippen LogP contribution in [0.2, 0.25) is 0 Å². The summed E-state index contributed by atoms with van der Waals surface area (Å²) >= 11 is 0. The first kappa shape index (κ1) is 17.1. The predicted octanol–water partition coefficient (Wildman–Crippen LogP) is 0.921. The van der Waals surface area contributed by atoms with E-state index in [1.807, 2.05) is 0 Å². The molecule has 1 aliphatic rings. The molecule has 4 rings (SSSR count). The van der Waals surface area contributed by atoms with E-state index >= 15 is 0 Å². The highest BCUT2D eigenvalue weighted by molar-refractivity contribution is 6.00. The van der Waals surface area contributed by atoms with Gasteiger partial charge >= 0.3 is 0 Å². The number of imidazole rings is 1. The van der Waals surface area contributed by atoms with Crippen molar-refractivity contribution >= 4 is 23.3 Å². The smallest absolute Gasteiger partial charge is 0.274 e. The van der Waals surface area contributed by atoms with Crippen LogP contribution < -0.4 is 10.6 Å². The van der Waals surface area contributed by atoms with Crippen LogP contribution >= 0.6 is 0 Å². The van der Waals surface area contributed by atoms with Crippen molar-refractivity contribution < 1.29 is 14.0 Å². The molecule has 1 aromatic carbocycles. The van der Waals surface area contributed by atoms with Gasteiger partial charge in [-0.15, -0.1) is 0 Å². The average Bonchev–Trinajstić information content (AvgIpc) is 3.13. The van der Waals surface area contributed by atoms with Gasteiger partial charge in [0.25, 0.3) is 5.91 Å². The largest absolute Gasteiger partial charge is 0.324 e. The molecule has 1 fully saturated rings. The Bertz CT molecular complexity index is 954. The molecule has 138 valence electrons. The van der Waals surface area contributed by atoms with Gasteiger partial charge in [-0.3, -0.25) is 14.0 Å². The van der Waals surface area contributed by atoms with Crippen molar-refractivity contribution in [3.8, 4) is 0 Å². The number of benzene rings is 1. The van der Waals surface area contributed by atoms with Crippen LogP contribution in [-0.4, -0.2) is 56.8 Å². The molecule has 0 unspecified atom stereocenters. The Balaban J connectivity index is 1.55. The average molecular weight is 368 g/mol. The zero-order chi connectivity index (χ0) is 18.8. The lowest BCUT2D eigenvalue weighted by molar-refractivity contribution is -0.121. The summed E-state index contributed by atoms with van der Waals surface area (Å²) in [7, 11) is 0. The third-order valence-electron chi connectivity index (χ3n) is 4.37. The van der Waals surface area contributed by atoms with Crippen LogP contribution in [0.15, 0.2) is 48.9 Å². The number of fused-ring (bicyclic) bond motifs is 1. The molecule has 1 saturated heterocycles. The second-order valence-electron chi connectivity index (χ2n) is 6.17. The number of halogens is 1. The first-order chi connectivity index (χ1) is 13.1. The van der Waals surface area contributed by atoms with Crippen LogP contribution in [0, 0.1) is 5.82 Å². The lowest BCUT2D eigenvalue weighted by atomic mass is 10.1. The van der Waals surface area contributed by atoms with Crippen molar-refractivity contribution in [3.05, 3.63) is 60.4 Å². The maximum absolute atomic E-state index is 13.0. The van der Waals surface area contributed by atoms with Gasteiger partial charge in [0.05, 0.1) is 0 Å². The van der Waals surface area contributed by atoms with E-state index in [9.17, 15) is 14.0 Å². The number of piperazine rings is 1. The highest BCUT2D eigenvalue weighted by Gasteiger charge is 2.33. The highest BCUT2D eigenvalue weighted by Crippen LogP contribution is 2.14. The molecule has 2 aromatic heterocycles. The number of anilines is 1. The summed E-state index contributed by atoms with van der Waals surface area (Å²) in [6.07, 6.45) is 4.95. The van der Waals surface area contributed by atoms with Crippen molar-refractivity contribution in [3.63, 3.8) is 0 Å². The number of carbonyl (C=O) groups is 2. The molecule has 2 N–H and O–H groups in total. The molecule has 9 heteroatoms. The fraction of sp³-hybridized carbons (Fsp3) is 0.222. The maximum Gasteiger partial charge on any atom is 0.274 e. The minimum absolute atomic E-state index is 0.232. The van der Waals surface area contributed by atoms with E-state index < -0.39 is 6.04 Å². The van der Waals surface area contributed by atoms with Gasteiger partial charge in [0.15, 0.2) is 0 Å². The molecule has 0 spiro atoms. The summed E-state index contributed by atoms with van der Waals surface area (Å²) in [4.78, 5) is 35.5. The fourth-order valence-electron chi connectivity index (χ4n) is 3.02. The van der Waals surface area contributed by atoms with Crippen LogP contribution in [0.3, 0.4) is 0 Å². The molecule has 27 heavy (non-hydrogen) atoms. The van der Waals surface area contributed by atoms with Gasteiger partial charge in [-0.25, -0.2) is 14.4 Å². The number of rotatable bonds is 3. The van der Waals surface area contributed by atoms with E-state index in [0.717, 1.165) is 0 Å². The summed E-state index contributed by atoms with van der Waals surface area (Å²) < 4.78 is 14.7. The molecule has 0 radical (unpaired) electrons. The van der Waals surface area contributed by atoms with Gasteiger partial charge in [0, 0.05) is 43.9 Å². The van der Waals surface area contributed by atoms with E-state index in [-0.39, 0.29) is 23.3 Å². The van der Waals surface area contributed by atoms with Gasteiger partial charge in [0.1, 0.15) is 17.6 Å². The maximum atomic E-state index is 13.0. The number of nitrogens with one attached hydrogen (secondary N) is 2. The second kappa shape index (κ2) is 7.12. The molecule has 0 bridgehead atoms. The van der Waals surface area contributed by atoms with Crippen molar-refractivity contribution in [1.82, 2.24) is 24.6 Å². The van der Waals surface area contributed by atoms with E-state index in [1.54, 1.807) is 29.1 Å². The normalized spacial score (nSPS) is 17.1. The number of carbonyl (C=O) groups excluding carboxylic acids is 2. The third kappa shape index (κ3) is 3.49. The fourth-order valence-corrected chi connectivity index (χ4v) is 3.02. The number of aromatic nitrogens is 3. The molecule has 0 aliphatic carbocycles. The molecule has 2 amide bonds. The van der Waals surface area contributed by atoms with Gasteiger partial charge in [0.2, 0.25) is 11.7 Å². The molecule has 3 aromatic rings. The van der Waals surface area contributed by atoms with Crippen LogP contribution in [0.4, 0.5) is 10.1 Å². The van der Waals surface area contributed by atoms with Crippen LogP contribution in [0.5, 0.6) is 0 Å². The second-order valence-corrected chi connectivity index (χ2v) is 6.17. The Morgan fingerprint density at radius 3 is 2.85 bits per heavy atom. The molecule has 1 aliphatic heterocycles. The molecule has 8 nitrogen and oxygen atoms in total. The number of hydrogen-bond donors (Lipinski definition) is 2. The van der Waals surface area contributed by atoms with Crippen molar-refractivity contribution in [1.29, 1.82) is 0 Å². The monoisotopic (exact) mass is 368 g/mol. The topological polar surface area (TPSA) is 91.6 Å². The summed E-state index contributed by atoms with van der Waals surface area (Å²) in [5.41, 5.74) is 0.700. The summed E-state index contributed by atoms with van der Waals surface area (Å²) in [6, 6.07) is 6.52. The Hall–Kier alpha value is -3.33. The molecule has 3 heterocycles. The zero-order valence-corrected chi connectivity index (χ0v) is 14.3. The van der Waals surface area contributed by atoms with Crippen molar-refractivity contribution in [2.75, 3.05) is 25.0 Å². The zero-order valence-electron chi connectivity index (χ0n) is 14.3. The lowest BCUT2D eigenvalue weighted by Gasteiger charge is -2.34. The predicted molar refractivity (Wildman–Crippen MR) is 95.7 cm³/mol. The van der Waals surface area contributed by atoms with E-state index in [2.05, 4.69) is 20.6 Å². The number of amides is 2. The molecule has 0 saturated carbocycles. The van der Waals surface area contributed by atoms with Crippen molar-refractivity contribution in [2.24, 2.45) is 0 Å². The summed E-state index contributed by atoms with van der Waals surface area (Å²) in [5.74, 6) is -0.641. The minimum atomic E-state index is -0.700. The number of nitrogens with zero attached hydrogens (tertiary/aromatic N) is 4. The standard InChI is InChI=1S/C18H17FN6O2/c19-12-2-4-13(5-3-12)22-16(26)15-10-20-7-9-25(15)17(27)14-11-24-8-1-6-21-18(24)23-14/h1-6,8,11,15,20H,7,9-10H2,(H,22,26)/t15-/m0/s1.